The van der Waals surface area contributed by atoms with Crippen molar-refractivity contribution in [2.45, 2.75) is 12.5 Å². The van der Waals surface area contributed by atoms with Crippen molar-refractivity contribution >= 4 is 0 Å². The first-order chi connectivity index (χ1) is 6.40. The van der Waals surface area contributed by atoms with Crippen LogP contribution in [0.25, 0.3) is 0 Å². The van der Waals surface area contributed by atoms with Crippen LogP contribution >= 0.6 is 0 Å². The molecular weight excluding hydrogens is 168 g/mol. The first-order valence-corrected chi connectivity index (χ1v) is 4.59. The molecule has 1 aliphatic heterocycles. The van der Waals surface area contributed by atoms with Gasteiger partial charge in [0.25, 0.3) is 0 Å². The molecule has 0 saturated carbocycles. The van der Waals surface area contributed by atoms with Crippen molar-refractivity contribution in [3.8, 4) is 0 Å². The molecule has 0 bridgehead atoms. The fraction of sp³-hybridized carbons (Fsp3) is 0.750. The molecule has 0 amide bonds. The van der Waals surface area contributed by atoms with Gasteiger partial charge in [0.05, 0.1) is 18.8 Å². The van der Waals surface area contributed by atoms with Crippen LogP contribution in [0, 0.1) is 0 Å². The number of rotatable bonds is 3. The molecule has 1 atom stereocenters. The molecule has 5 heteroatoms. The summed E-state index contributed by atoms with van der Waals surface area (Å²) in [6, 6.07) is 0.439. The summed E-state index contributed by atoms with van der Waals surface area (Å²) in [4.78, 5) is 2.24. The SMILES string of the molecule is OCCN1CCC(n2ccnn2)C1. The number of likely N-dealkylation sites (tertiary alicyclic amines) is 1. The second-order valence-electron chi connectivity index (χ2n) is 3.35. The van der Waals surface area contributed by atoms with Crippen LogP contribution in [0.3, 0.4) is 0 Å². The molecule has 1 unspecified atom stereocenters. The van der Waals surface area contributed by atoms with E-state index in [1.807, 2.05) is 10.9 Å². The van der Waals surface area contributed by atoms with Gasteiger partial charge in [-0.15, -0.1) is 5.10 Å². The molecule has 1 fully saturated rings. The van der Waals surface area contributed by atoms with E-state index in [4.69, 9.17) is 5.11 Å². The van der Waals surface area contributed by atoms with Crippen LogP contribution in [-0.4, -0.2) is 51.2 Å². The summed E-state index contributed by atoms with van der Waals surface area (Å²) in [5.74, 6) is 0. The summed E-state index contributed by atoms with van der Waals surface area (Å²) in [5, 5.41) is 16.5. The monoisotopic (exact) mass is 182 g/mol. The lowest BCUT2D eigenvalue weighted by atomic mass is 10.3. The summed E-state index contributed by atoms with van der Waals surface area (Å²) >= 11 is 0. The molecule has 1 saturated heterocycles. The zero-order chi connectivity index (χ0) is 9.10. The molecule has 2 rings (SSSR count). The number of nitrogens with zero attached hydrogens (tertiary/aromatic N) is 4. The number of β-amino-alcohol motifs (C(OH)–C–C–N with tert-alkyl or cyclic N) is 1. The summed E-state index contributed by atoms with van der Waals surface area (Å²) in [7, 11) is 0. The highest BCUT2D eigenvalue weighted by molar-refractivity contribution is 4.81. The van der Waals surface area contributed by atoms with Gasteiger partial charge in [0.2, 0.25) is 0 Å². The number of aliphatic hydroxyl groups excluding tert-OH is 1. The van der Waals surface area contributed by atoms with Crippen LogP contribution in [0.15, 0.2) is 12.4 Å². The van der Waals surface area contributed by atoms with Crippen LogP contribution in [0.5, 0.6) is 0 Å². The van der Waals surface area contributed by atoms with Crippen molar-refractivity contribution in [3.05, 3.63) is 12.4 Å². The first-order valence-electron chi connectivity index (χ1n) is 4.59. The summed E-state index contributed by atoms with van der Waals surface area (Å²) in [5.41, 5.74) is 0. The maximum absolute atomic E-state index is 8.77. The highest BCUT2D eigenvalue weighted by atomic mass is 16.3. The Morgan fingerprint density at radius 1 is 1.54 bits per heavy atom. The summed E-state index contributed by atoms with van der Waals surface area (Å²) in [6.45, 7) is 3.03. The lowest BCUT2D eigenvalue weighted by molar-refractivity contribution is 0.216. The molecule has 0 aromatic carbocycles. The van der Waals surface area contributed by atoms with Crippen LogP contribution in [0.4, 0.5) is 0 Å². The maximum Gasteiger partial charge on any atom is 0.0693 e. The van der Waals surface area contributed by atoms with E-state index in [-0.39, 0.29) is 6.61 Å². The van der Waals surface area contributed by atoms with E-state index in [0.717, 1.165) is 26.1 Å². The third-order valence-corrected chi connectivity index (χ3v) is 2.48. The Labute approximate surface area is 77.0 Å². The second-order valence-corrected chi connectivity index (χ2v) is 3.35. The van der Waals surface area contributed by atoms with E-state index < -0.39 is 0 Å². The molecule has 1 aromatic heterocycles. The van der Waals surface area contributed by atoms with Crippen LogP contribution in [-0.2, 0) is 0 Å². The number of aliphatic hydroxyl groups is 1. The molecule has 0 aliphatic carbocycles. The summed E-state index contributed by atoms with van der Waals surface area (Å²) < 4.78 is 1.90. The topological polar surface area (TPSA) is 54.2 Å². The number of aromatic nitrogens is 3. The third-order valence-electron chi connectivity index (χ3n) is 2.48. The highest BCUT2D eigenvalue weighted by Crippen LogP contribution is 2.19. The minimum absolute atomic E-state index is 0.240. The Hall–Kier alpha value is -0.940. The van der Waals surface area contributed by atoms with Gasteiger partial charge in [-0.25, -0.2) is 4.68 Å². The zero-order valence-electron chi connectivity index (χ0n) is 7.50. The molecule has 2 heterocycles. The Morgan fingerprint density at radius 2 is 2.46 bits per heavy atom. The van der Waals surface area contributed by atoms with Gasteiger partial charge in [0.15, 0.2) is 0 Å². The van der Waals surface area contributed by atoms with Gasteiger partial charge in [-0.1, -0.05) is 5.21 Å². The van der Waals surface area contributed by atoms with Gasteiger partial charge in [-0.3, -0.25) is 4.90 Å². The van der Waals surface area contributed by atoms with Crippen molar-refractivity contribution in [2.24, 2.45) is 0 Å². The quantitative estimate of drug-likeness (QED) is 0.686. The molecule has 5 nitrogen and oxygen atoms in total. The lowest BCUT2D eigenvalue weighted by Gasteiger charge is -2.13. The molecule has 72 valence electrons. The largest absolute Gasteiger partial charge is 0.395 e. The van der Waals surface area contributed by atoms with Crippen LogP contribution in [0.1, 0.15) is 12.5 Å². The molecule has 1 aromatic rings. The lowest BCUT2D eigenvalue weighted by Crippen LogP contribution is -2.24. The number of hydrogen-bond acceptors (Lipinski definition) is 4. The average Bonchev–Trinajstić information content (AvgIpc) is 2.70. The van der Waals surface area contributed by atoms with Crippen LogP contribution < -0.4 is 0 Å². The predicted molar refractivity (Wildman–Crippen MR) is 47.2 cm³/mol. The van der Waals surface area contributed by atoms with Crippen molar-refractivity contribution in [1.82, 2.24) is 19.9 Å². The highest BCUT2D eigenvalue weighted by Gasteiger charge is 2.23. The van der Waals surface area contributed by atoms with E-state index in [2.05, 4.69) is 15.2 Å². The molecule has 0 radical (unpaired) electrons. The van der Waals surface area contributed by atoms with Gasteiger partial charge in [-0.05, 0) is 6.42 Å². The Balaban J connectivity index is 1.91. The Morgan fingerprint density at radius 3 is 3.15 bits per heavy atom. The van der Waals surface area contributed by atoms with Gasteiger partial charge in [-0.2, -0.15) is 0 Å². The molecular formula is C8H14N4O. The van der Waals surface area contributed by atoms with Crippen molar-refractivity contribution in [1.29, 1.82) is 0 Å². The molecule has 0 spiro atoms. The molecule has 1 N–H and O–H groups in total. The molecule has 1 aliphatic rings. The Bertz CT molecular complexity index is 249. The van der Waals surface area contributed by atoms with Gasteiger partial charge in [0, 0.05) is 25.8 Å². The van der Waals surface area contributed by atoms with Gasteiger partial charge in [0.1, 0.15) is 0 Å². The Kier molecular flexibility index (Phi) is 2.56. The molecule has 13 heavy (non-hydrogen) atoms. The fourth-order valence-corrected chi connectivity index (χ4v) is 1.78. The maximum atomic E-state index is 8.77. The van der Waals surface area contributed by atoms with E-state index in [9.17, 15) is 0 Å². The van der Waals surface area contributed by atoms with Crippen LogP contribution in [0.2, 0.25) is 0 Å². The minimum atomic E-state index is 0.240. The summed E-state index contributed by atoms with van der Waals surface area (Å²) in [6.07, 6.45) is 4.70. The smallest absolute Gasteiger partial charge is 0.0693 e. The van der Waals surface area contributed by atoms with E-state index in [1.54, 1.807) is 6.20 Å². The predicted octanol–water partition coefficient (Wildman–Crippen LogP) is -0.483. The first kappa shape index (κ1) is 8.65. The average molecular weight is 182 g/mol. The van der Waals surface area contributed by atoms with Gasteiger partial charge < -0.3 is 5.11 Å². The number of hydrogen-bond donors (Lipinski definition) is 1. The van der Waals surface area contributed by atoms with Crippen molar-refractivity contribution in [2.75, 3.05) is 26.2 Å². The minimum Gasteiger partial charge on any atom is -0.395 e. The van der Waals surface area contributed by atoms with E-state index >= 15 is 0 Å². The van der Waals surface area contributed by atoms with Crippen molar-refractivity contribution in [3.63, 3.8) is 0 Å². The van der Waals surface area contributed by atoms with E-state index in [1.165, 1.54) is 0 Å². The third kappa shape index (κ3) is 1.87. The normalized spacial score (nSPS) is 23.9. The standard InChI is InChI=1S/C8H14N4O/c13-6-5-11-3-1-8(7-11)12-4-2-9-10-12/h2,4,8,13H,1,3,5-7H2. The van der Waals surface area contributed by atoms with Gasteiger partial charge >= 0.3 is 0 Å². The zero-order valence-corrected chi connectivity index (χ0v) is 7.50. The van der Waals surface area contributed by atoms with Crippen molar-refractivity contribution < 1.29 is 5.11 Å². The van der Waals surface area contributed by atoms with E-state index in [0.29, 0.717) is 6.04 Å². The second kappa shape index (κ2) is 3.85. The fourth-order valence-electron chi connectivity index (χ4n) is 1.78.